The van der Waals surface area contributed by atoms with E-state index in [9.17, 15) is 24.3 Å². The lowest BCUT2D eigenvalue weighted by Gasteiger charge is -2.31. The fourth-order valence-corrected chi connectivity index (χ4v) is 7.94. The fraction of sp³-hybridized carbons (Fsp3) is 0.143. The molecule has 2 aliphatic rings. The molecule has 2 aliphatic heterocycles. The van der Waals surface area contributed by atoms with Gasteiger partial charge < -0.3 is 10.4 Å². The van der Waals surface area contributed by atoms with Crippen LogP contribution in [0.2, 0.25) is 5.02 Å². The number of benzene rings is 3. The number of halogens is 1. The topological polar surface area (TPSA) is 109 Å². The van der Waals surface area contributed by atoms with Crippen LogP contribution in [0.15, 0.2) is 88.7 Å². The Kier molecular flexibility index (Phi) is 6.54. The minimum absolute atomic E-state index is 0.0430. The number of hydrogen-bond acceptors (Lipinski definition) is 7. The van der Waals surface area contributed by atoms with Crippen molar-refractivity contribution in [2.24, 2.45) is 5.92 Å². The second-order valence-electron chi connectivity index (χ2n) is 9.13. The van der Waals surface area contributed by atoms with Crippen molar-refractivity contribution in [3.63, 3.8) is 0 Å². The normalized spacial score (nSPS) is 20.0. The maximum absolute atomic E-state index is 13.8. The van der Waals surface area contributed by atoms with Crippen LogP contribution in [-0.2, 0) is 20.9 Å². The van der Waals surface area contributed by atoms with E-state index in [0.717, 1.165) is 28.0 Å². The van der Waals surface area contributed by atoms with Gasteiger partial charge in [-0.2, -0.15) is 0 Å². The Hall–Kier alpha value is -3.86. The van der Waals surface area contributed by atoms with Crippen LogP contribution in [0.1, 0.15) is 16.4 Å². The molecule has 3 atom stereocenters. The van der Waals surface area contributed by atoms with Gasteiger partial charge in [0, 0.05) is 27.1 Å². The van der Waals surface area contributed by atoms with E-state index in [1.807, 2.05) is 6.07 Å². The highest BCUT2D eigenvalue weighted by atomic mass is 35.5. The zero-order chi connectivity index (χ0) is 27.3. The molecule has 3 amide bonds. The predicted octanol–water partition coefficient (Wildman–Crippen LogP) is 4.70. The van der Waals surface area contributed by atoms with E-state index < -0.39 is 34.8 Å². The molecule has 3 heterocycles. The SMILES string of the molecule is O=C(Cn1c2c(sc1=O)[C@@H](c1ccccc1O)[C@H]1C(=O)N(c3ccc(Cl)cc3)C(=O)[C@H]1S2)Nc1ccccc1. The molecule has 196 valence electrons. The van der Waals surface area contributed by atoms with Gasteiger partial charge in [-0.3, -0.25) is 23.7 Å². The van der Waals surface area contributed by atoms with Crippen LogP contribution in [0, 0.1) is 5.92 Å². The average Bonchev–Trinajstić information content (AvgIpc) is 3.36. The second kappa shape index (κ2) is 10.0. The highest BCUT2D eigenvalue weighted by molar-refractivity contribution is 8.00. The number of thiazole rings is 1. The average molecular weight is 578 g/mol. The molecule has 0 saturated carbocycles. The Bertz CT molecular complexity index is 1670. The number of phenols is 1. The quantitative estimate of drug-likeness (QED) is 0.333. The first-order chi connectivity index (χ1) is 18.8. The lowest BCUT2D eigenvalue weighted by Crippen LogP contribution is -2.33. The molecule has 6 rings (SSSR count). The summed E-state index contributed by atoms with van der Waals surface area (Å²) < 4.78 is 1.34. The van der Waals surface area contributed by atoms with Crippen LogP contribution in [-0.4, -0.2) is 32.6 Å². The predicted molar refractivity (Wildman–Crippen MR) is 151 cm³/mol. The van der Waals surface area contributed by atoms with Gasteiger partial charge in [0.25, 0.3) is 0 Å². The van der Waals surface area contributed by atoms with Gasteiger partial charge >= 0.3 is 4.87 Å². The van der Waals surface area contributed by atoms with Gasteiger partial charge in [0.05, 0.1) is 16.6 Å². The molecule has 0 bridgehead atoms. The first-order valence-corrected chi connectivity index (χ1v) is 14.1. The van der Waals surface area contributed by atoms with E-state index in [0.29, 0.717) is 31.9 Å². The summed E-state index contributed by atoms with van der Waals surface area (Å²) in [5.41, 5.74) is 1.42. The van der Waals surface area contributed by atoms with Gasteiger partial charge in [0.2, 0.25) is 17.7 Å². The summed E-state index contributed by atoms with van der Waals surface area (Å²) in [7, 11) is 0. The Morgan fingerprint density at radius 3 is 2.33 bits per heavy atom. The summed E-state index contributed by atoms with van der Waals surface area (Å²) in [6.07, 6.45) is 0. The molecule has 1 fully saturated rings. The number of carbonyl (C=O) groups excluding carboxylic acids is 3. The van der Waals surface area contributed by atoms with Crippen LogP contribution < -0.4 is 15.1 Å². The van der Waals surface area contributed by atoms with Crippen LogP contribution in [0.25, 0.3) is 0 Å². The third kappa shape index (κ3) is 4.44. The molecule has 0 spiro atoms. The standard InChI is InChI=1S/C28H20ClN3O5S2/c29-15-10-12-17(13-11-15)32-25(35)22-21(18-8-4-5-9-19(18)33)24-27(38-23(22)26(32)36)31(28(37)39-24)14-20(34)30-16-6-2-1-3-7-16/h1-13,21-23,33H,14H2,(H,30,34)/t21-,22+,23-/m0/s1. The Balaban J connectivity index is 1.43. The van der Waals surface area contributed by atoms with Crippen LogP contribution >= 0.6 is 34.7 Å². The number of nitrogens with zero attached hydrogens (tertiary/aromatic N) is 2. The molecular formula is C28H20ClN3O5S2. The number of nitrogens with one attached hydrogen (secondary N) is 1. The van der Waals surface area contributed by atoms with E-state index >= 15 is 0 Å². The Labute approximate surface area is 235 Å². The van der Waals surface area contributed by atoms with Crippen LogP contribution in [0.5, 0.6) is 5.75 Å². The van der Waals surface area contributed by atoms with Gasteiger partial charge in [-0.15, -0.1) is 0 Å². The molecule has 11 heteroatoms. The van der Waals surface area contributed by atoms with Crippen molar-refractivity contribution in [2.75, 3.05) is 10.2 Å². The number of phenolic OH excluding ortho intramolecular Hbond substituents is 1. The molecule has 2 N–H and O–H groups in total. The smallest absolute Gasteiger partial charge is 0.308 e. The molecule has 4 aromatic rings. The number of imide groups is 1. The number of hydrogen-bond donors (Lipinski definition) is 2. The number of carbonyl (C=O) groups is 3. The molecule has 1 aromatic heterocycles. The monoisotopic (exact) mass is 577 g/mol. The third-order valence-corrected chi connectivity index (χ3v) is 9.62. The number of rotatable bonds is 5. The first kappa shape index (κ1) is 25.4. The van der Waals surface area contributed by atoms with Gasteiger partial charge in [0.1, 0.15) is 17.5 Å². The van der Waals surface area contributed by atoms with Crippen molar-refractivity contribution < 1.29 is 19.5 Å². The fourth-order valence-electron chi connectivity index (χ4n) is 5.05. The number of aromatic hydroxyl groups is 1. The lowest BCUT2D eigenvalue weighted by atomic mass is 9.82. The van der Waals surface area contributed by atoms with Gasteiger partial charge in [-0.1, -0.05) is 71.1 Å². The van der Waals surface area contributed by atoms with E-state index in [4.69, 9.17) is 11.6 Å². The number of fused-ring (bicyclic) bond motifs is 2. The molecule has 0 radical (unpaired) electrons. The summed E-state index contributed by atoms with van der Waals surface area (Å²) in [5, 5.41) is 13.6. The minimum atomic E-state index is -0.859. The summed E-state index contributed by atoms with van der Waals surface area (Å²) in [5.74, 6) is -2.91. The second-order valence-corrected chi connectivity index (χ2v) is 11.7. The van der Waals surface area contributed by atoms with E-state index in [1.54, 1.807) is 66.7 Å². The molecule has 0 unspecified atom stereocenters. The van der Waals surface area contributed by atoms with Crippen LogP contribution in [0.4, 0.5) is 11.4 Å². The maximum atomic E-state index is 13.8. The van der Waals surface area contributed by atoms with Crippen molar-refractivity contribution in [3.8, 4) is 5.75 Å². The zero-order valence-electron chi connectivity index (χ0n) is 20.1. The number of anilines is 2. The number of aromatic nitrogens is 1. The lowest BCUT2D eigenvalue weighted by molar-refractivity contribution is -0.122. The van der Waals surface area contributed by atoms with Crippen molar-refractivity contribution in [2.45, 2.75) is 22.7 Å². The summed E-state index contributed by atoms with van der Waals surface area (Å²) >= 11 is 8.06. The summed E-state index contributed by atoms with van der Waals surface area (Å²) in [6.45, 7) is -0.263. The van der Waals surface area contributed by atoms with Gasteiger partial charge in [0.15, 0.2) is 0 Å². The number of thioether (sulfide) groups is 1. The third-order valence-electron chi connectivity index (χ3n) is 6.77. The maximum Gasteiger partial charge on any atom is 0.308 e. The highest BCUT2D eigenvalue weighted by Crippen LogP contribution is 2.55. The number of amides is 3. The summed E-state index contributed by atoms with van der Waals surface area (Å²) in [4.78, 5) is 54.9. The Morgan fingerprint density at radius 2 is 1.62 bits per heavy atom. The van der Waals surface area contributed by atoms with Crippen molar-refractivity contribution >= 4 is 63.8 Å². The largest absolute Gasteiger partial charge is 0.508 e. The number of para-hydroxylation sites is 2. The zero-order valence-corrected chi connectivity index (χ0v) is 22.5. The Morgan fingerprint density at radius 1 is 0.923 bits per heavy atom. The van der Waals surface area contributed by atoms with Crippen molar-refractivity contribution in [1.82, 2.24) is 4.57 Å². The van der Waals surface area contributed by atoms with E-state index in [2.05, 4.69) is 5.32 Å². The molecule has 1 saturated heterocycles. The molecule has 0 aliphatic carbocycles. The van der Waals surface area contributed by atoms with Crippen molar-refractivity contribution in [1.29, 1.82) is 0 Å². The summed E-state index contributed by atoms with van der Waals surface area (Å²) in [6, 6.07) is 21.9. The van der Waals surface area contributed by atoms with E-state index in [-0.39, 0.29) is 17.2 Å². The van der Waals surface area contributed by atoms with Crippen molar-refractivity contribution in [3.05, 3.63) is 104 Å². The van der Waals surface area contributed by atoms with Gasteiger partial charge in [-0.05, 0) is 42.5 Å². The highest BCUT2D eigenvalue weighted by Gasteiger charge is 2.57. The first-order valence-electron chi connectivity index (χ1n) is 12.0. The van der Waals surface area contributed by atoms with E-state index in [1.165, 1.54) is 10.6 Å². The molecule has 3 aromatic carbocycles. The molecular weight excluding hydrogens is 558 g/mol. The molecule has 39 heavy (non-hydrogen) atoms. The van der Waals surface area contributed by atoms with Crippen LogP contribution in [0.3, 0.4) is 0 Å². The van der Waals surface area contributed by atoms with Gasteiger partial charge in [-0.25, -0.2) is 4.90 Å². The minimum Gasteiger partial charge on any atom is -0.508 e. The molecule has 8 nitrogen and oxygen atoms in total.